The van der Waals surface area contributed by atoms with Crippen molar-refractivity contribution in [1.82, 2.24) is 4.90 Å². The summed E-state index contributed by atoms with van der Waals surface area (Å²) in [5, 5.41) is 0. The van der Waals surface area contributed by atoms with Gasteiger partial charge in [-0.3, -0.25) is 4.79 Å². The Bertz CT molecular complexity index is 223. The summed E-state index contributed by atoms with van der Waals surface area (Å²) in [5.41, 5.74) is 5.32. The SMILES string of the molecule is COCCN(C(=O)COCCN)C1CCSC1. The molecule has 100 valence electrons. The third-order valence-corrected chi connectivity index (χ3v) is 3.84. The molecule has 6 heteroatoms. The van der Waals surface area contributed by atoms with Crippen LogP contribution in [0.3, 0.4) is 0 Å². The number of hydrogen-bond donors (Lipinski definition) is 1. The summed E-state index contributed by atoms with van der Waals surface area (Å²) in [7, 11) is 1.65. The first kappa shape index (κ1) is 14.8. The van der Waals surface area contributed by atoms with Crippen molar-refractivity contribution in [2.24, 2.45) is 5.73 Å². The van der Waals surface area contributed by atoms with E-state index in [2.05, 4.69) is 0 Å². The van der Waals surface area contributed by atoms with E-state index in [-0.39, 0.29) is 12.5 Å². The highest BCUT2D eigenvalue weighted by molar-refractivity contribution is 7.99. The van der Waals surface area contributed by atoms with Gasteiger partial charge in [0.1, 0.15) is 6.61 Å². The monoisotopic (exact) mass is 262 g/mol. The maximum Gasteiger partial charge on any atom is 0.248 e. The topological polar surface area (TPSA) is 64.8 Å². The van der Waals surface area contributed by atoms with Crippen LogP contribution in [0.4, 0.5) is 0 Å². The molecule has 17 heavy (non-hydrogen) atoms. The van der Waals surface area contributed by atoms with Gasteiger partial charge in [0.15, 0.2) is 0 Å². The van der Waals surface area contributed by atoms with Gasteiger partial charge in [0.2, 0.25) is 5.91 Å². The van der Waals surface area contributed by atoms with E-state index >= 15 is 0 Å². The number of hydrogen-bond acceptors (Lipinski definition) is 5. The van der Waals surface area contributed by atoms with E-state index in [1.54, 1.807) is 7.11 Å². The van der Waals surface area contributed by atoms with Crippen molar-refractivity contribution >= 4 is 17.7 Å². The molecule has 0 aromatic rings. The first-order valence-corrected chi connectivity index (χ1v) is 7.09. The molecule has 1 fully saturated rings. The van der Waals surface area contributed by atoms with Gasteiger partial charge in [-0.05, 0) is 12.2 Å². The molecule has 0 radical (unpaired) electrons. The van der Waals surface area contributed by atoms with Crippen molar-refractivity contribution < 1.29 is 14.3 Å². The lowest BCUT2D eigenvalue weighted by molar-refractivity contribution is -0.138. The van der Waals surface area contributed by atoms with Crippen molar-refractivity contribution in [3.8, 4) is 0 Å². The van der Waals surface area contributed by atoms with Gasteiger partial charge in [-0.1, -0.05) is 0 Å². The van der Waals surface area contributed by atoms with E-state index < -0.39 is 0 Å². The van der Waals surface area contributed by atoms with E-state index in [0.717, 1.165) is 17.9 Å². The second kappa shape index (κ2) is 8.74. The normalized spacial score (nSPS) is 19.5. The lowest BCUT2D eigenvalue weighted by atomic mass is 10.2. The van der Waals surface area contributed by atoms with Gasteiger partial charge in [0.05, 0.1) is 13.2 Å². The van der Waals surface area contributed by atoms with Crippen LogP contribution >= 0.6 is 11.8 Å². The smallest absolute Gasteiger partial charge is 0.248 e. The molecule has 1 unspecified atom stereocenters. The Labute approximate surface area is 107 Å². The predicted molar refractivity (Wildman–Crippen MR) is 69.2 cm³/mol. The largest absolute Gasteiger partial charge is 0.383 e. The number of amides is 1. The first-order chi connectivity index (χ1) is 8.29. The van der Waals surface area contributed by atoms with E-state index in [1.165, 1.54) is 0 Å². The maximum absolute atomic E-state index is 12.0. The molecule has 0 aliphatic carbocycles. The summed E-state index contributed by atoms with van der Waals surface area (Å²) < 4.78 is 10.2. The lowest BCUT2D eigenvalue weighted by Gasteiger charge is -2.28. The van der Waals surface area contributed by atoms with Crippen LogP contribution in [0.25, 0.3) is 0 Å². The Balaban J connectivity index is 2.39. The second-order valence-corrected chi connectivity index (χ2v) is 5.09. The van der Waals surface area contributed by atoms with Crippen LogP contribution in [0.1, 0.15) is 6.42 Å². The Kier molecular flexibility index (Phi) is 7.59. The second-order valence-electron chi connectivity index (χ2n) is 3.94. The molecule has 1 saturated heterocycles. The summed E-state index contributed by atoms with van der Waals surface area (Å²) in [6.45, 7) is 2.23. The van der Waals surface area contributed by atoms with Crippen LogP contribution in [0.15, 0.2) is 0 Å². The molecule has 0 bridgehead atoms. The highest BCUT2D eigenvalue weighted by atomic mass is 32.2. The zero-order chi connectivity index (χ0) is 12.5. The van der Waals surface area contributed by atoms with Crippen molar-refractivity contribution in [2.45, 2.75) is 12.5 Å². The zero-order valence-corrected chi connectivity index (χ0v) is 11.2. The van der Waals surface area contributed by atoms with Gasteiger partial charge in [-0.15, -0.1) is 0 Å². The van der Waals surface area contributed by atoms with Gasteiger partial charge in [0, 0.05) is 32.0 Å². The molecule has 5 nitrogen and oxygen atoms in total. The molecule has 1 atom stereocenters. The number of carbonyl (C=O) groups excluding carboxylic acids is 1. The Hall–Kier alpha value is -0.300. The van der Waals surface area contributed by atoms with E-state index in [0.29, 0.717) is 32.3 Å². The van der Waals surface area contributed by atoms with Crippen molar-refractivity contribution in [3.63, 3.8) is 0 Å². The third-order valence-electron chi connectivity index (χ3n) is 2.69. The summed E-state index contributed by atoms with van der Waals surface area (Å²) in [4.78, 5) is 13.9. The molecule has 1 heterocycles. The summed E-state index contributed by atoms with van der Waals surface area (Å²) in [6, 6.07) is 0.337. The molecular formula is C11H22N2O3S. The van der Waals surface area contributed by atoms with Gasteiger partial charge >= 0.3 is 0 Å². The van der Waals surface area contributed by atoms with Crippen molar-refractivity contribution in [2.75, 3.05) is 51.5 Å². The maximum atomic E-state index is 12.0. The molecule has 1 aliphatic heterocycles. The number of carbonyl (C=O) groups is 1. The zero-order valence-electron chi connectivity index (χ0n) is 10.4. The van der Waals surface area contributed by atoms with Gasteiger partial charge in [-0.25, -0.2) is 0 Å². The fourth-order valence-electron chi connectivity index (χ4n) is 1.79. The number of ether oxygens (including phenoxy) is 2. The standard InChI is InChI=1S/C11H22N2O3S/c1-15-6-4-13(10-2-7-17-9-10)11(14)8-16-5-3-12/h10H,2-9,12H2,1H3. The molecule has 1 amide bonds. The molecule has 0 spiro atoms. The van der Waals surface area contributed by atoms with Crippen LogP contribution in [-0.4, -0.2) is 68.4 Å². The summed E-state index contributed by atoms with van der Waals surface area (Å²) in [6.07, 6.45) is 1.07. The first-order valence-electron chi connectivity index (χ1n) is 5.93. The summed E-state index contributed by atoms with van der Waals surface area (Å²) >= 11 is 1.89. The quantitative estimate of drug-likeness (QED) is 0.621. The minimum Gasteiger partial charge on any atom is -0.383 e. The van der Waals surface area contributed by atoms with E-state index in [1.807, 2.05) is 16.7 Å². The fraction of sp³-hybridized carbons (Fsp3) is 0.909. The average molecular weight is 262 g/mol. The number of nitrogens with two attached hydrogens (primary N) is 1. The minimum atomic E-state index is 0.0444. The number of rotatable bonds is 8. The number of methoxy groups -OCH3 is 1. The Morgan fingerprint density at radius 3 is 2.94 bits per heavy atom. The van der Waals surface area contributed by atoms with Gasteiger partial charge < -0.3 is 20.1 Å². The van der Waals surface area contributed by atoms with Gasteiger partial charge in [0.25, 0.3) is 0 Å². The average Bonchev–Trinajstić information content (AvgIpc) is 2.83. The minimum absolute atomic E-state index is 0.0444. The van der Waals surface area contributed by atoms with Crippen LogP contribution in [0.2, 0.25) is 0 Å². The third kappa shape index (κ3) is 5.25. The van der Waals surface area contributed by atoms with E-state index in [9.17, 15) is 4.79 Å². The fourth-order valence-corrected chi connectivity index (χ4v) is 3.02. The molecule has 1 aliphatic rings. The van der Waals surface area contributed by atoms with Crippen LogP contribution in [-0.2, 0) is 14.3 Å². The van der Waals surface area contributed by atoms with Crippen molar-refractivity contribution in [1.29, 1.82) is 0 Å². The van der Waals surface area contributed by atoms with E-state index in [4.69, 9.17) is 15.2 Å². The van der Waals surface area contributed by atoms with Crippen LogP contribution in [0.5, 0.6) is 0 Å². The number of thioether (sulfide) groups is 1. The molecule has 1 rings (SSSR count). The summed E-state index contributed by atoms with van der Waals surface area (Å²) in [5.74, 6) is 2.19. The molecule has 0 aromatic carbocycles. The van der Waals surface area contributed by atoms with Crippen molar-refractivity contribution in [3.05, 3.63) is 0 Å². The Morgan fingerprint density at radius 2 is 2.35 bits per heavy atom. The highest BCUT2D eigenvalue weighted by Gasteiger charge is 2.26. The Morgan fingerprint density at radius 1 is 1.53 bits per heavy atom. The van der Waals surface area contributed by atoms with Crippen LogP contribution in [0, 0.1) is 0 Å². The highest BCUT2D eigenvalue weighted by Crippen LogP contribution is 2.22. The lowest BCUT2D eigenvalue weighted by Crippen LogP contribution is -2.44. The molecule has 2 N–H and O–H groups in total. The molecule has 0 saturated carbocycles. The van der Waals surface area contributed by atoms with Gasteiger partial charge in [-0.2, -0.15) is 11.8 Å². The molecular weight excluding hydrogens is 240 g/mol. The number of nitrogens with zero attached hydrogens (tertiary/aromatic N) is 1. The predicted octanol–water partition coefficient (Wildman–Crippen LogP) is -0.0578. The molecule has 0 aromatic heterocycles. The van der Waals surface area contributed by atoms with Crippen LogP contribution < -0.4 is 5.73 Å².